The van der Waals surface area contributed by atoms with Gasteiger partial charge in [-0.25, -0.2) is 12.7 Å². The van der Waals surface area contributed by atoms with Gasteiger partial charge in [0.15, 0.2) is 0 Å². The van der Waals surface area contributed by atoms with Crippen LogP contribution in [0.25, 0.3) is 0 Å². The minimum Gasteiger partial charge on any atom is -0.495 e. The van der Waals surface area contributed by atoms with Gasteiger partial charge in [-0.3, -0.25) is 0 Å². The standard InChI is InChI=1S/C13H22N2O3S/c1-10(2)14-9-11-6-7-13(12(8-11)18-5)19(16,17)15(3)4/h6-8,10,14H,9H2,1-5H3. The van der Waals surface area contributed by atoms with Crippen LogP contribution in [-0.2, 0) is 16.6 Å². The van der Waals surface area contributed by atoms with Gasteiger partial charge in [-0.2, -0.15) is 0 Å². The lowest BCUT2D eigenvalue weighted by atomic mass is 10.2. The largest absolute Gasteiger partial charge is 0.495 e. The molecule has 0 amide bonds. The first-order chi connectivity index (χ1) is 8.78. The van der Waals surface area contributed by atoms with Crippen molar-refractivity contribution in [3.63, 3.8) is 0 Å². The molecular weight excluding hydrogens is 264 g/mol. The molecule has 1 N–H and O–H groups in total. The van der Waals surface area contributed by atoms with E-state index in [1.54, 1.807) is 18.2 Å². The molecule has 0 saturated carbocycles. The number of rotatable bonds is 6. The van der Waals surface area contributed by atoms with E-state index < -0.39 is 10.0 Å². The number of ether oxygens (including phenoxy) is 1. The molecule has 0 aromatic heterocycles. The minimum atomic E-state index is -3.48. The van der Waals surface area contributed by atoms with Crippen molar-refractivity contribution in [1.29, 1.82) is 0 Å². The summed E-state index contributed by atoms with van der Waals surface area (Å²) in [7, 11) is 1.00. The van der Waals surface area contributed by atoms with Crippen LogP contribution in [0.3, 0.4) is 0 Å². The van der Waals surface area contributed by atoms with E-state index in [9.17, 15) is 8.42 Å². The second kappa shape index (κ2) is 6.36. The van der Waals surface area contributed by atoms with Crippen molar-refractivity contribution >= 4 is 10.0 Å². The van der Waals surface area contributed by atoms with Crippen molar-refractivity contribution in [2.24, 2.45) is 0 Å². The highest BCUT2D eigenvalue weighted by Gasteiger charge is 2.22. The first-order valence-corrected chi connectivity index (χ1v) is 7.56. The zero-order valence-corrected chi connectivity index (χ0v) is 12.9. The molecular formula is C13H22N2O3S. The molecule has 0 aliphatic carbocycles. The monoisotopic (exact) mass is 286 g/mol. The number of methoxy groups -OCH3 is 1. The Morgan fingerprint density at radius 2 is 1.95 bits per heavy atom. The molecule has 5 nitrogen and oxygen atoms in total. The first kappa shape index (κ1) is 15.9. The van der Waals surface area contributed by atoms with E-state index in [-0.39, 0.29) is 4.90 Å². The topological polar surface area (TPSA) is 58.6 Å². The maximum atomic E-state index is 12.1. The number of benzene rings is 1. The molecule has 0 saturated heterocycles. The van der Waals surface area contributed by atoms with Gasteiger partial charge in [-0.1, -0.05) is 19.9 Å². The predicted molar refractivity (Wildman–Crippen MR) is 75.8 cm³/mol. The summed E-state index contributed by atoms with van der Waals surface area (Å²) in [5.74, 6) is 0.372. The third-order valence-corrected chi connectivity index (χ3v) is 4.56. The van der Waals surface area contributed by atoms with Crippen molar-refractivity contribution in [2.45, 2.75) is 31.3 Å². The number of hydrogen-bond acceptors (Lipinski definition) is 4. The Hall–Kier alpha value is -1.11. The maximum absolute atomic E-state index is 12.1. The van der Waals surface area contributed by atoms with Crippen molar-refractivity contribution in [1.82, 2.24) is 9.62 Å². The first-order valence-electron chi connectivity index (χ1n) is 6.12. The molecule has 0 aliphatic rings. The zero-order valence-electron chi connectivity index (χ0n) is 12.1. The summed E-state index contributed by atoms with van der Waals surface area (Å²) in [5, 5.41) is 3.28. The highest BCUT2D eigenvalue weighted by molar-refractivity contribution is 7.89. The molecule has 19 heavy (non-hydrogen) atoms. The van der Waals surface area contributed by atoms with Crippen LogP contribution in [0.5, 0.6) is 5.75 Å². The number of nitrogens with zero attached hydrogens (tertiary/aromatic N) is 1. The summed E-state index contributed by atoms with van der Waals surface area (Å²) in [6.07, 6.45) is 0. The SMILES string of the molecule is COc1cc(CNC(C)C)ccc1S(=O)(=O)N(C)C. The molecule has 108 valence electrons. The van der Waals surface area contributed by atoms with Crippen LogP contribution in [0.4, 0.5) is 0 Å². The number of hydrogen-bond donors (Lipinski definition) is 1. The van der Waals surface area contributed by atoms with Crippen LogP contribution < -0.4 is 10.1 Å². The highest BCUT2D eigenvalue weighted by Crippen LogP contribution is 2.26. The second-order valence-corrected chi connectivity index (χ2v) is 6.93. The molecule has 0 fully saturated rings. The second-order valence-electron chi connectivity index (χ2n) is 4.81. The van der Waals surface area contributed by atoms with Gasteiger partial charge in [0.2, 0.25) is 10.0 Å². The van der Waals surface area contributed by atoms with Crippen LogP contribution in [0.1, 0.15) is 19.4 Å². The Bertz CT molecular complexity index is 525. The fraction of sp³-hybridized carbons (Fsp3) is 0.538. The molecule has 0 bridgehead atoms. The van der Waals surface area contributed by atoms with Gasteiger partial charge >= 0.3 is 0 Å². The van der Waals surface area contributed by atoms with Gasteiger partial charge in [0.05, 0.1) is 7.11 Å². The quantitative estimate of drug-likeness (QED) is 0.860. The van der Waals surface area contributed by atoms with Gasteiger partial charge in [0, 0.05) is 26.7 Å². The average Bonchev–Trinajstić information content (AvgIpc) is 2.35. The summed E-state index contributed by atoms with van der Waals surface area (Å²) in [6, 6.07) is 5.52. The Morgan fingerprint density at radius 1 is 1.32 bits per heavy atom. The molecule has 1 aromatic rings. The number of sulfonamides is 1. The molecule has 1 rings (SSSR count). The van der Waals surface area contributed by atoms with Crippen LogP contribution in [0, 0.1) is 0 Å². The van der Waals surface area contributed by atoms with Crippen molar-refractivity contribution in [2.75, 3.05) is 21.2 Å². The van der Waals surface area contributed by atoms with Gasteiger partial charge in [0.1, 0.15) is 10.6 Å². The summed E-state index contributed by atoms with van der Waals surface area (Å²) in [6.45, 7) is 4.79. The minimum absolute atomic E-state index is 0.188. The lowest BCUT2D eigenvalue weighted by Gasteiger charge is -2.16. The lowest BCUT2D eigenvalue weighted by Crippen LogP contribution is -2.23. The van der Waals surface area contributed by atoms with Crippen LogP contribution in [-0.4, -0.2) is 40.0 Å². The smallest absolute Gasteiger partial charge is 0.246 e. The van der Waals surface area contributed by atoms with Crippen molar-refractivity contribution in [3.05, 3.63) is 23.8 Å². The molecule has 0 aliphatic heterocycles. The molecule has 0 heterocycles. The third-order valence-electron chi connectivity index (χ3n) is 2.70. The molecule has 0 radical (unpaired) electrons. The Kier molecular flexibility index (Phi) is 5.34. The molecule has 0 unspecified atom stereocenters. The molecule has 0 atom stereocenters. The van der Waals surface area contributed by atoms with Crippen LogP contribution >= 0.6 is 0 Å². The Labute approximate surface area is 115 Å². The summed E-state index contributed by atoms with van der Waals surface area (Å²) >= 11 is 0. The van der Waals surface area contributed by atoms with E-state index in [2.05, 4.69) is 19.2 Å². The van der Waals surface area contributed by atoms with E-state index in [1.807, 2.05) is 0 Å². The average molecular weight is 286 g/mol. The highest BCUT2D eigenvalue weighted by atomic mass is 32.2. The van der Waals surface area contributed by atoms with Crippen molar-refractivity contribution in [3.8, 4) is 5.75 Å². The maximum Gasteiger partial charge on any atom is 0.246 e. The van der Waals surface area contributed by atoms with Gasteiger partial charge in [-0.05, 0) is 17.7 Å². The Balaban J connectivity index is 3.10. The fourth-order valence-corrected chi connectivity index (χ4v) is 2.58. The van der Waals surface area contributed by atoms with Gasteiger partial charge in [0.25, 0.3) is 0 Å². The summed E-state index contributed by atoms with van der Waals surface area (Å²) in [5.41, 5.74) is 0.989. The molecule has 6 heteroatoms. The van der Waals surface area contributed by atoms with Crippen LogP contribution in [0.15, 0.2) is 23.1 Å². The Morgan fingerprint density at radius 3 is 2.42 bits per heavy atom. The summed E-state index contributed by atoms with van der Waals surface area (Å²) in [4.78, 5) is 0.188. The third kappa shape index (κ3) is 3.92. The van der Waals surface area contributed by atoms with Gasteiger partial charge < -0.3 is 10.1 Å². The molecule has 1 aromatic carbocycles. The van der Waals surface area contributed by atoms with E-state index >= 15 is 0 Å². The number of nitrogens with one attached hydrogen (secondary N) is 1. The van der Waals surface area contributed by atoms with E-state index in [4.69, 9.17) is 4.74 Å². The van der Waals surface area contributed by atoms with Crippen molar-refractivity contribution < 1.29 is 13.2 Å². The van der Waals surface area contributed by atoms with E-state index in [0.717, 1.165) is 5.56 Å². The van der Waals surface area contributed by atoms with Crippen LogP contribution in [0.2, 0.25) is 0 Å². The van der Waals surface area contributed by atoms with E-state index in [1.165, 1.54) is 25.5 Å². The normalized spacial score (nSPS) is 12.2. The fourth-order valence-electron chi connectivity index (χ4n) is 1.55. The van der Waals surface area contributed by atoms with Gasteiger partial charge in [-0.15, -0.1) is 0 Å². The predicted octanol–water partition coefficient (Wildman–Crippen LogP) is 1.44. The lowest BCUT2D eigenvalue weighted by molar-refractivity contribution is 0.399. The summed E-state index contributed by atoms with van der Waals surface area (Å²) < 4.78 is 30.6. The zero-order chi connectivity index (χ0) is 14.6. The van der Waals surface area contributed by atoms with E-state index in [0.29, 0.717) is 18.3 Å². The molecule has 0 spiro atoms.